The fourth-order valence-corrected chi connectivity index (χ4v) is 3.00. The van der Waals surface area contributed by atoms with Gasteiger partial charge in [-0.25, -0.2) is 13.2 Å². The second kappa shape index (κ2) is 7.12. The topological polar surface area (TPSA) is 9.23 Å². The summed E-state index contributed by atoms with van der Waals surface area (Å²) < 4.78 is 46.6. The van der Waals surface area contributed by atoms with Crippen LogP contribution in [0, 0.1) is 24.4 Å². The Kier molecular flexibility index (Phi) is 4.93. The number of aryl methyl sites for hydroxylation is 1. The monoisotopic (exact) mass is 332 g/mol. The summed E-state index contributed by atoms with van der Waals surface area (Å²) in [6.45, 7) is 1.86. The van der Waals surface area contributed by atoms with Gasteiger partial charge in [-0.3, -0.25) is 0 Å². The highest BCUT2D eigenvalue weighted by Gasteiger charge is 2.22. The van der Waals surface area contributed by atoms with Crippen molar-refractivity contribution in [2.75, 3.05) is 0 Å². The van der Waals surface area contributed by atoms with Crippen molar-refractivity contribution in [3.8, 4) is 0 Å². The van der Waals surface area contributed by atoms with E-state index in [0.717, 1.165) is 11.3 Å². The molecule has 0 N–H and O–H groups in total. The maximum absolute atomic E-state index is 14.1. The van der Waals surface area contributed by atoms with Crippen LogP contribution in [0.4, 0.5) is 13.2 Å². The lowest BCUT2D eigenvalue weighted by Crippen LogP contribution is -2.09. The number of allylic oxidation sites excluding steroid dienone is 2. The van der Waals surface area contributed by atoms with Crippen LogP contribution in [0.15, 0.2) is 48.2 Å². The van der Waals surface area contributed by atoms with Gasteiger partial charge >= 0.3 is 0 Å². The maximum atomic E-state index is 14.1. The average molecular weight is 332 g/mol. The van der Waals surface area contributed by atoms with Gasteiger partial charge in [-0.2, -0.15) is 0 Å². The Morgan fingerprint density at radius 3 is 2.62 bits per heavy atom. The molecule has 1 aliphatic rings. The lowest BCUT2D eigenvalue weighted by Gasteiger charge is -2.23. The number of benzene rings is 2. The molecule has 0 aliphatic heterocycles. The zero-order chi connectivity index (χ0) is 17.1. The quantitative estimate of drug-likeness (QED) is 0.689. The van der Waals surface area contributed by atoms with Crippen LogP contribution in [0.1, 0.15) is 41.9 Å². The van der Waals surface area contributed by atoms with Crippen molar-refractivity contribution in [2.24, 2.45) is 0 Å². The highest BCUT2D eigenvalue weighted by atomic mass is 19.2. The average Bonchev–Trinajstić information content (AvgIpc) is 2.59. The van der Waals surface area contributed by atoms with Crippen molar-refractivity contribution in [1.82, 2.24) is 0 Å². The second-order valence-corrected chi connectivity index (χ2v) is 6.16. The van der Waals surface area contributed by atoms with Crippen LogP contribution in [0.25, 0.3) is 0 Å². The van der Waals surface area contributed by atoms with Crippen molar-refractivity contribution in [3.05, 3.63) is 82.4 Å². The largest absolute Gasteiger partial charge is 0.494 e. The molecule has 2 aromatic carbocycles. The molecule has 0 heterocycles. The summed E-state index contributed by atoms with van der Waals surface area (Å²) in [5, 5.41) is 0. The molecule has 0 saturated heterocycles. The molecule has 0 bridgehead atoms. The molecular formula is C20H19F3O. The van der Waals surface area contributed by atoms with Gasteiger partial charge in [0.1, 0.15) is 12.4 Å². The molecule has 2 aromatic rings. The van der Waals surface area contributed by atoms with Gasteiger partial charge in [0.2, 0.25) is 0 Å². The molecule has 0 saturated carbocycles. The van der Waals surface area contributed by atoms with Crippen LogP contribution in [-0.2, 0) is 11.3 Å². The Bertz CT molecular complexity index is 767. The fraction of sp³-hybridized carbons (Fsp3) is 0.300. The van der Waals surface area contributed by atoms with Crippen molar-refractivity contribution in [2.45, 2.75) is 38.7 Å². The van der Waals surface area contributed by atoms with E-state index in [9.17, 15) is 13.2 Å². The van der Waals surface area contributed by atoms with Crippen LogP contribution >= 0.6 is 0 Å². The van der Waals surface area contributed by atoms with E-state index in [2.05, 4.69) is 0 Å². The van der Waals surface area contributed by atoms with E-state index >= 15 is 0 Å². The van der Waals surface area contributed by atoms with Crippen molar-refractivity contribution >= 4 is 0 Å². The minimum absolute atomic E-state index is 0.0402. The van der Waals surface area contributed by atoms with Gasteiger partial charge in [0, 0.05) is 6.42 Å². The molecule has 4 heteroatoms. The third-order valence-corrected chi connectivity index (χ3v) is 4.43. The number of hydrogen-bond donors (Lipinski definition) is 0. The fourth-order valence-electron chi connectivity index (χ4n) is 3.00. The van der Waals surface area contributed by atoms with Crippen LogP contribution in [0.5, 0.6) is 0 Å². The molecule has 0 spiro atoms. The molecule has 0 radical (unpaired) electrons. The molecule has 1 unspecified atom stereocenters. The first-order chi connectivity index (χ1) is 11.5. The number of hydrogen-bond acceptors (Lipinski definition) is 1. The van der Waals surface area contributed by atoms with E-state index in [-0.39, 0.29) is 11.7 Å². The predicted octanol–water partition coefficient (Wildman–Crippen LogP) is 5.78. The van der Waals surface area contributed by atoms with E-state index < -0.39 is 11.6 Å². The van der Waals surface area contributed by atoms with Gasteiger partial charge in [0.25, 0.3) is 0 Å². The molecule has 1 aliphatic carbocycles. The molecule has 0 aromatic heterocycles. The molecule has 0 amide bonds. The summed E-state index contributed by atoms with van der Waals surface area (Å²) in [4.78, 5) is 0. The lowest BCUT2D eigenvalue weighted by atomic mass is 9.86. The molecule has 24 heavy (non-hydrogen) atoms. The Morgan fingerprint density at radius 2 is 1.92 bits per heavy atom. The van der Waals surface area contributed by atoms with Gasteiger partial charge in [-0.15, -0.1) is 0 Å². The van der Waals surface area contributed by atoms with E-state index in [4.69, 9.17) is 4.74 Å². The Morgan fingerprint density at radius 1 is 1.08 bits per heavy atom. The summed E-state index contributed by atoms with van der Waals surface area (Å²) in [6, 6.07) is 9.58. The summed E-state index contributed by atoms with van der Waals surface area (Å²) >= 11 is 0. The molecular weight excluding hydrogens is 313 g/mol. The first-order valence-corrected chi connectivity index (χ1v) is 8.05. The predicted molar refractivity (Wildman–Crippen MR) is 87.0 cm³/mol. The molecule has 126 valence electrons. The lowest BCUT2D eigenvalue weighted by molar-refractivity contribution is 0.179. The van der Waals surface area contributed by atoms with Gasteiger partial charge < -0.3 is 4.74 Å². The summed E-state index contributed by atoms with van der Waals surface area (Å²) in [5.74, 6) is -1.00. The number of rotatable bonds is 4. The maximum Gasteiger partial charge on any atom is 0.162 e. The minimum atomic E-state index is -0.760. The minimum Gasteiger partial charge on any atom is -0.494 e. The SMILES string of the molecule is Cc1ccc(C2CC=C(OCc3cccc(F)c3)CC2)c(F)c1F. The molecule has 3 rings (SSSR count). The number of halogens is 3. The Balaban J connectivity index is 1.63. The smallest absolute Gasteiger partial charge is 0.162 e. The van der Waals surface area contributed by atoms with Crippen molar-refractivity contribution in [3.63, 3.8) is 0 Å². The van der Waals surface area contributed by atoms with E-state index in [1.807, 2.05) is 6.08 Å². The van der Waals surface area contributed by atoms with E-state index in [1.165, 1.54) is 12.1 Å². The van der Waals surface area contributed by atoms with E-state index in [0.29, 0.717) is 37.0 Å². The van der Waals surface area contributed by atoms with E-state index in [1.54, 1.807) is 31.2 Å². The number of ether oxygens (including phenoxy) is 1. The standard InChI is InChI=1S/C20H19F3O/c1-13-5-10-18(20(23)19(13)22)15-6-8-17(9-7-15)24-12-14-3-2-4-16(21)11-14/h2-5,8,10-11,15H,6-7,9,12H2,1H3. The normalized spacial score (nSPS) is 17.5. The zero-order valence-corrected chi connectivity index (χ0v) is 13.5. The second-order valence-electron chi connectivity index (χ2n) is 6.16. The molecule has 1 atom stereocenters. The first-order valence-electron chi connectivity index (χ1n) is 8.05. The van der Waals surface area contributed by atoms with Crippen LogP contribution in [0.2, 0.25) is 0 Å². The third-order valence-electron chi connectivity index (χ3n) is 4.43. The Hall–Kier alpha value is -2.23. The summed E-state index contributed by atoms with van der Waals surface area (Å²) in [6.07, 6.45) is 3.89. The van der Waals surface area contributed by atoms with Crippen molar-refractivity contribution in [1.29, 1.82) is 0 Å². The zero-order valence-electron chi connectivity index (χ0n) is 13.5. The highest BCUT2D eigenvalue weighted by Crippen LogP contribution is 2.35. The highest BCUT2D eigenvalue weighted by molar-refractivity contribution is 5.29. The van der Waals surface area contributed by atoms with Crippen LogP contribution in [0.3, 0.4) is 0 Å². The summed E-state index contributed by atoms with van der Waals surface area (Å²) in [5.41, 5.74) is 1.52. The molecule has 0 fully saturated rings. The third kappa shape index (κ3) is 3.64. The van der Waals surface area contributed by atoms with Crippen LogP contribution < -0.4 is 0 Å². The molecule has 1 nitrogen and oxygen atoms in total. The van der Waals surface area contributed by atoms with Gasteiger partial charge in [-0.05, 0) is 60.6 Å². The van der Waals surface area contributed by atoms with Crippen molar-refractivity contribution < 1.29 is 17.9 Å². The first kappa shape index (κ1) is 16.6. The van der Waals surface area contributed by atoms with Gasteiger partial charge in [0.05, 0.1) is 5.76 Å². The van der Waals surface area contributed by atoms with Crippen LogP contribution in [-0.4, -0.2) is 0 Å². The van der Waals surface area contributed by atoms with Gasteiger partial charge in [0.15, 0.2) is 11.6 Å². The Labute approximate surface area is 139 Å². The van der Waals surface area contributed by atoms with Gasteiger partial charge in [-0.1, -0.05) is 24.3 Å². The summed E-state index contributed by atoms with van der Waals surface area (Å²) in [7, 11) is 0.